The third-order valence-electron chi connectivity index (χ3n) is 7.72. The van der Waals surface area contributed by atoms with Crippen molar-refractivity contribution in [3.8, 4) is 0 Å². The highest BCUT2D eigenvalue weighted by Crippen LogP contribution is 2.29. The molecule has 2 atom stereocenters. The molecule has 0 spiro atoms. The predicted octanol–water partition coefficient (Wildman–Crippen LogP) is 6.92. The van der Waals surface area contributed by atoms with Crippen molar-refractivity contribution in [2.75, 3.05) is 20.2 Å². The van der Waals surface area contributed by atoms with Crippen molar-refractivity contribution in [3.63, 3.8) is 0 Å². The van der Waals surface area contributed by atoms with Gasteiger partial charge in [-0.1, -0.05) is 33.8 Å². The predicted molar refractivity (Wildman–Crippen MR) is 155 cm³/mol. The summed E-state index contributed by atoms with van der Waals surface area (Å²) < 4.78 is 8.10. The summed E-state index contributed by atoms with van der Waals surface area (Å²) in [5.41, 5.74) is 2.57. The number of likely N-dealkylation sites (N-methyl/N-ethyl adjacent to an activating group) is 1. The lowest BCUT2D eigenvalue weighted by Crippen LogP contribution is -2.39. The Morgan fingerprint density at radius 2 is 2.00 bits per heavy atom. The Kier molecular flexibility index (Phi) is 9.77. The van der Waals surface area contributed by atoms with E-state index >= 15 is 0 Å². The molecule has 38 heavy (non-hydrogen) atoms. The van der Waals surface area contributed by atoms with Gasteiger partial charge in [-0.2, -0.15) is 0 Å². The highest BCUT2D eigenvalue weighted by Gasteiger charge is 2.29. The average Bonchev–Trinajstić information content (AvgIpc) is 3.66. The lowest BCUT2D eigenvalue weighted by Gasteiger charge is -2.26. The quantitative estimate of drug-likeness (QED) is 0.222. The summed E-state index contributed by atoms with van der Waals surface area (Å²) in [4.78, 5) is 35.0. The number of thiophene rings is 1. The molecule has 1 saturated heterocycles. The number of benzene rings is 1. The number of aromatic nitrogens is 2. The molecule has 6 nitrogen and oxygen atoms in total. The van der Waals surface area contributed by atoms with Crippen LogP contribution in [0.1, 0.15) is 93.3 Å². The number of Topliss-reactive ketones (excluding diaryl/α,β-unsaturated/α-hetero) is 1. The maximum absolute atomic E-state index is 13.5. The highest BCUT2D eigenvalue weighted by atomic mass is 32.1. The SMILES string of the molecule is CCC(CC)n1c(Cc2cccs2)nc2cc(C(=O)C[C@@H](CC(C)C)C(=O)N(C)CC3CCCO3)ccc21. The van der Waals surface area contributed by atoms with Crippen LogP contribution in [0.25, 0.3) is 11.0 Å². The van der Waals surface area contributed by atoms with Crippen molar-refractivity contribution in [2.24, 2.45) is 11.8 Å². The third kappa shape index (κ3) is 6.73. The van der Waals surface area contributed by atoms with Gasteiger partial charge in [-0.3, -0.25) is 9.59 Å². The van der Waals surface area contributed by atoms with E-state index in [0.29, 0.717) is 30.5 Å². The second kappa shape index (κ2) is 13.0. The van der Waals surface area contributed by atoms with Crippen LogP contribution in [0.2, 0.25) is 0 Å². The molecule has 1 fully saturated rings. The number of carbonyl (C=O) groups excluding carboxylic acids is 2. The number of hydrogen-bond donors (Lipinski definition) is 0. The molecule has 3 heterocycles. The zero-order chi connectivity index (χ0) is 27.2. The van der Waals surface area contributed by atoms with Gasteiger partial charge in [-0.15, -0.1) is 11.3 Å². The van der Waals surface area contributed by atoms with Crippen LogP contribution in [-0.2, 0) is 16.0 Å². The summed E-state index contributed by atoms with van der Waals surface area (Å²) in [5, 5.41) is 2.10. The normalized spacial score (nSPS) is 16.6. The Balaban J connectivity index is 1.57. The van der Waals surface area contributed by atoms with E-state index in [1.54, 1.807) is 16.2 Å². The smallest absolute Gasteiger partial charge is 0.225 e. The number of ether oxygens (including phenoxy) is 1. The average molecular weight is 538 g/mol. The first-order valence-corrected chi connectivity index (χ1v) is 15.1. The van der Waals surface area contributed by atoms with Crippen LogP contribution in [0.15, 0.2) is 35.7 Å². The Bertz CT molecular complexity index is 1210. The molecule has 1 amide bonds. The summed E-state index contributed by atoms with van der Waals surface area (Å²) >= 11 is 1.75. The van der Waals surface area contributed by atoms with Gasteiger partial charge in [0.05, 0.1) is 17.1 Å². The Labute approximate surface area is 231 Å². The van der Waals surface area contributed by atoms with Crippen molar-refractivity contribution >= 4 is 34.1 Å². The Morgan fingerprint density at radius 3 is 2.63 bits per heavy atom. The molecule has 0 N–H and O–H groups in total. The van der Waals surface area contributed by atoms with Crippen LogP contribution in [0.3, 0.4) is 0 Å². The van der Waals surface area contributed by atoms with Gasteiger partial charge in [0.15, 0.2) is 5.78 Å². The van der Waals surface area contributed by atoms with Crippen molar-refractivity contribution in [2.45, 2.75) is 84.8 Å². The molecule has 1 unspecified atom stereocenters. The van der Waals surface area contributed by atoms with E-state index in [-0.39, 0.29) is 30.1 Å². The van der Waals surface area contributed by atoms with Crippen LogP contribution in [0, 0.1) is 11.8 Å². The monoisotopic (exact) mass is 537 g/mol. The van der Waals surface area contributed by atoms with E-state index in [9.17, 15) is 9.59 Å². The van der Waals surface area contributed by atoms with Crippen molar-refractivity contribution in [1.29, 1.82) is 0 Å². The van der Waals surface area contributed by atoms with Gasteiger partial charge < -0.3 is 14.2 Å². The van der Waals surface area contributed by atoms with Gasteiger partial charge in [0.2, 0.25) is 5.91 Å². The van der Waals surface area contributed by atoms with Crippen molar-refractivity contribution in [1.82, 2.24) is 14.5 Å². The highest BCUT2D eigenvalue weighted by molar-refractivity contribution is 7.09. The molecule has 206 valence electrons. The maximum Gasteiger partial charge on any atom is 0.225 e. The molecular formula is C31H43N3O3S. The van der Waals surface area contributed by atoms with Crippen LogP contribution >= 0.6 is 11.3 Å². The molecule has 2 aromatic heterocycles. The topological polar surface area (TPSA) is 64.4 Å². The van der Waals surface area contributed by atoms with Gasteiger partial charge in [0.25, 0.3) is 0 Å². The molecule has 3 aromatic rings. The zero-order valence-electron chi connectivity index (χ0n) is 23.6. The van der Waals surface area contributed by atoms with E-state index in [4.69, 9.17) is 9.72 Å². The Morgan fingerprint density at radius 1 is 1.21 bits per heavy atom. The first kappa shape index (κ1) is 28.5. The lowest BCUT2D eigenvalue weighted by atomic mass is 9.89. The molecule has 7 heteroatoms. The summed E-state index contributed by atoms with van der Waals surface area (Å²) in [7, 11) is 1.84. The lowest BCUT2D eigenvalue weighted by molar-refractivity contribution is -0.136. The third-order valence-corrected chi connectivity index (χ3v) is 8.60. The number of imidazole rings is 1. The fourth-order valence-corrected chi connectivity index (χ4v) is 6.46. The molecule has 1 aromatic carbocycles. The molecule has 0 aliphatic carbocycles. The zero-order valence-corrected chi connectivity index (χ0v) is 24.4. The second-order valence-electron chi connectivity index (χ2n) is 11.1. The summed E-state index contributed by atoms with van der Waals surface area (Å²) in [6.07, 6.45) is 5.89. The van der Waals surface area contributed by atoms with Gasteiger partial charge in [-0.05, 0) is 67.7 Å². The van der Waals surface area contributed by atoms with Crippen LogP contribution < -0.4 is 0 Å². The Hall–Kier alpha value is -2.51. The minimum absolute atomic E-state index is 0.00769. The number of amides is 1. The van der Waals surface area contributed by atoms with Crippen LogP contribution in [0.4, 0.5) is 0 Å². The van der Waals surface area contributed by atoms with E-state index in [1.165, 1.54) is 4.88 Å². The van der Waals surface area contributed by atoms with E-state index in [1.807, 2.05) is 19.2 Å². The number of rotatable bonds is 13. The fraction of sp³-hybridized carbons (Fsp3) is 0.581. The number of fused-ring (bicyclic) bond motifs is 1. The van der Waals surface area contributed by atoms with Gasteiger partial charge >= 0.3 is 0 Å². The van der Waals surface area contributed by atoms with E-state index < -0.39 is 0 Å². The van der Waals surface area contributed by atoms with E-state index in [2.05, 4.69) is 55.8 Å². The number of ketones is 1. The van der Waals surface area contributed by atoms with Crippen molar-refractivity contribution in [3.05, 3.63) is 52.0 Å². The molecule has 1 aliphatic rings. The number of carbonyl (C=O) groups is 2. The molecule has 0 radical (unpaired) electrons. The summed E-state index contributed by atoms with van der Waals surface area (Å²) in [6, 6.07) is 10.5. The minimum atomic E-state index is -0.332. The van der Waals surface area contributed by atoms with Crippen LogP contribution in [-0.4, -0.2) is 52.4 Å². The molecule has 1 aliphatic heterocycles. The first-order chi connectivity index (χ1) is 18.3. The fourth-order valence-electron chi connectivity index (χ4n) is 5.75. The summed E-state index contributed by atoms with van der Waals surface area (Å²) in [6.45, 7) is 10.0. The molecular weight excluding hydrogens is 494 g/mol. The molecule has 0 saturated carbocycles. The van der Waals surface area contributed by atoms with Gasteiger partial charge in [-0.25, -0.2) is 4.98 Å². The number of nitrogens with zero attached hydrogens (tertiary/aromatic N) is 3. The minimum Gasteiger partial charge on any atom is -0.376 e. The summed E-state index contributed by atoms with van der Waals surface area (Å²) in [5.74, 6) is 1.09. The number of hydrogen-bond acceptors (Lipinski definition) is 5. The standard InChI is InChI=1S/C31H43N3O3S/c1-6-24(7-2)34-28-13-12-22(17-27(28)32-30(34)19-26-11-9-15-38-26)29(35)18-23(16-21(3)4)31(36)33(5)20-25-10-8-14-37-25/h9,11-13,15,17,21,23-25H,6-8,10,14,16,18-20H2,1-5H3/t23-,25?/m1/s1. The second-order valence-corrected chi connectivity index (χ2v) is 12.2. The van der Waals surface area contributed by atoms with Crippen LogP contribution in [0.5, 0.6) is 0 Å². The first-order valence-electron chi connectivity index (χ1n) is 14.2. The maximum atomic E-state index is 13.5. The van der Waals surface area contributed by atoms with E-state index in [0.717, 1.165) is 55.6 Å². The molecule has 4 rings (SSSR count). The van der Waals surface area contributed by atoms with Gasteiger partial charge in [0, 0.05) is 55.4 Å². The van der Waals surface area contributed by atoms with Crippen molar-refractivity contribution < 1.29 is 14.3 Å². The largest absolute Gasteiger partial charge is 0.376 e. The molecule has 0 bridgehead atoms. The van der Waals surface area contributed by atoms with Gasteiger partial charge in [0.1, 0.15) is 5.82 Å².